The molecule has 0 aliphatic heterocycles. The van der Waals surface area contributed by atoms with E-state index >= 15 is 0 Å². The minimum atomic E-state index is -0.292. The molecule has 1 fully saturated rings. The lowest BCUT2D eigenvalue weighted by Gasteiger charge is -2.26. The summed E-state index contributed by atoms with van der Waals surface area (Å²) < 4.78 is 1.48. The minimum Gasteiger partial charge on any atom is -0.392 e. The van der Waals surface area contributed by atoms with Gasteiger partial charge in [-0.05, 0) is 37.1 Å². The van der Waals surface area contributed by atoms with Gasteiger partial charge in [0.15, 0.2) is 5.82 Å². The molecule has 0 bridgehead atoms. The molecule has 1 saturated carbocycles. The second-order valence-corrected chi connectivity index (χ2v) is 6.83. The molecule has 1 aromatic carbocycles. The molecule has 0 amide bonds. The van der Waals surface area contributed by atoms with Crippen molar-refractivity contribution in [1.29, 1.82) is 0 Å². The fourth-order valence-electron chi connectivity index (χ4n) is 2.50. The maximum absolute atomic E-state index is 10.0. The molecule has 21 heavy (non-hydrogen) atoms. The number of aliphatic hydroxyl groups is 1. The number of halogens is 1. The summed E-state index contributed by atoms with van der Waals surface area (Å²) in [4.78, 5) is 0. The number of hydrogen-bond acceptors (Lipinski definition) is 5. The van der Waals surface area contributed by atoms with Gasteiger partial charge in [0, 0.05) is 15.8 Å². The Kier molecular flexibility index (Phi) is 4.37. The van der Waals surface area contributed by atoms with Crippen LogP contribution in [0.3, 0.4) is 0 Å². The van der Waals surface area contributed by atoms with Crippen LogP contribution in [0.2, 0.25) is 5.02 Å². The number of aliphatic hydroxyl groups excluding tert-OH is 1. The van der Waals surface area contributed by atoms with Crippen molar-refractivity contribution in [2.45, 2.75) is 42.2 Å². The number of thioether (sulfide) groups is 1. The number of aromatic nitrogens is 3. The fourth-order valence-corrected chi connectivity index (χ4v) is 3.77. The average molecular weight is 325 g/mol. The van der Waals surface area contributed by atoms with Crippen LogP contribution in [0.1, 0.15) is 25.7 Å². The van der Waals surface area contributed by atoms with Crippen LogP contribution in [0, 0.1) is 0 Å². The summed E-state index contributed by atoms with van der Waals surface area (Å²) in [5.41, 5.74) is 0.866. The standard InChI is InChI=1S/C14H17ClN4OS/c15-10-7-5-9(6-8-10)13-17-18-14(19(13)16)21-12-4-2-1-3-11(12)20/h5-8,11-12,20H,1-4,16H2. The Hall–Kier alpha value is -1.24. The number of benzene rings is 1. The van der Waals surface area contributed by atoms with Crippen molar-refractivity contribution in [1.82, 2.24) is 14.9 Å². The Balaban J connectivity index is 1.80. The Morgan fingerprint density at radius 1 is 1.19 bits per heavy atom. The van der Waals surface area contributed by atoms with Gasteiger partial charge < -0.3 is 10.9 Å². The summed E-state index contributed by atoms with van der Waals surface area (Å²) in [5.74, 6) is 6.69. The predicted octanol–water partition coefficient (Wildman–Crippen LogP) is 2.71. The number of nitrogens with two attached hydrogens (primary N) is 1. The highest BCUT2D eigenvalue weighted by Crippen LogP contribution is 2.33. The number of nitrogens with zero attached hydrogens (tertiary/aromatic N) is 3. The molecule has 0 saturated heterocycles. The third kappa shape index (κ3) is 3.17. The molecule has 1 aromatic heterocycles. The van der Waals surface area contributed by atoms with Crippen molar-refractivity contribution in [3.05, 3.63) is 29.3 Å². The zero-order valence-electron chi connectivity index (χ0n) is 11.4. The molecule has 2 aromatic rings. The molecule has 112 valence electrons. The van der Waals surface area contributed by atoms with Crippen molar-refractivity contribution in [3.8, 4) is 11.4 Å². The van der Waals surface area contributed by atoms with Gasteiger partial charge in [-0.1, -0.05) is 36.2 Å². The van der Waals surface area contributed by atoms with Gasteiger partial charge in [0.25, 0.3) is 0 Å². The van der Waals surface area contributed by atoms with Crippen LogP contribution in [-0.4, -0.2) is 31.3 Å². The topological polar surface area (TPSA) is 77.0 Å². The molecule has 1 aliphatic rings. The molecule has 3 N–H and O–H groups in total. The van der Waals surface area contributed by atoms with Crippen LogP contribution >= 0.6 is 23.4 Å². The van der Waals surface area contributed by atoms with E-state index in [0.29, 0.717) is 16.0 Å². The first-order chi connectivity index (χ1) is 10.1. The van der Waals surface area contributed by atoms with E-state index in [9.17, 15) is 5.11 Å². The lowest BCUT2D eigenvalue weighted by molar-refractivity contribution is 0.137. The fraction of sp³-hybridized carbons (Fsp3) is 0.429. The number of nitrogen functional groups attached to an aromatic ring is 1. The van der Waals surface area contributed by atoms with E-state index < -0.39 is 0 Å². The second kappa shape index (κ2) is 6.25. The minimum absolute atomic E-state index is 0.142. The van der Waals surface area contributed by atoms with Crippen LogP contribution in [0.5, 0.6) is 0 Å². The Morgan fingerprint density at radius 2 is 1.90 bits per heavy atom. The van der Waals surface area contributed by atoms with Gasteiger partial charge in [-0.25, -0.2) is 4.68 Å². The quantitative estimate of drug-likeness (QED) is 0.849. The van der Waals surface area contributed by atoms with E-state index in [0.717, 1.165) is 31.2 Å². The third-order valence-electron chi connectivity index (χ3n) is 3.69. The first kappa shape index (κ1) is 14.7. The van der Waals surface area contributed by atoms with Crippen LogP contribution in [0.25, 0.3) is 11.4 Å². The maximum atomic E-state index is 10.0. The SMILES string of the molecule is Nn1c(SC2CCCCC2O)nnc1-c1ccc(Cl)cc1. The number of hydrogen-bond donors (Lipinski definition) is 2. The highest BCUT2D eigenvalue weighted by Gasteiger charge is 2.26. The van der Waals surface area contributed by atoms with Crippen molar-refractivity contribution in [2.24, 2.45) is 0 Å². The van der Waals surface area contributed by atoms with E-state index in [2.05, 4.69) is 10.2 Å². The van der Waals surface area contributed by atoms with Crippen LogP contribution in [0.15, 0.2) is 29.4 Å². The van der Waals surface area contributed by atoms with Gasteiger partial charge in [-0.2, -0.15) is 0 Å². The first-order valence-corrected chi connectivity index (χ1v) is 8.22. The Bertz CT molecular complexity index is 616. The van der Waals surface area contributed by atoms with Crippen LogP contribution in [-0.2, 0) is 0 Å². The zero-order chi connectivity index (χ0) is 14.8. The molecule has 5 nitrogen and oxygen atoms in total. The van der Waals surface area contributed by atoms with Gasteiger partial charge in [-0.15, -0.1) is 10.2 Å². The maximum Gasteiger partial charge on any atom is 0.210 e. The summed E-state index contributed by atoms with van der Waals surface area (Å²) in [6, 6.07) is 7.31. The van der Waals surface area contributed by atoms with Crippen molar-refractivity contribution in [2.75, 3.05) is 5.84 Å². The first-order valence-electron chi connectivity index (χ1n) is 6.96. The van der Waals surface area contributed by atoms with Gasteiger partial charge in [-0.3, -0.25) is 0 Å². The normalized spacial score (nSPS) is 22.4. The monoisotopic (exact) mass is 324 g/mol. The lowest BCUT2D eigenvalue weighted by Crippen LogP contribution is -2.27. The molecule has 1 aliphatic carbocycles. The summed E-state index contributed by atoms with van der Waals surface area (Å²) >= 11 is 7.39. The molecule has 3 rings (SSSR count). The molecule has 1 heterocycles. The molecule has 0 spiro atoms. The van der Waals surface area contributed by atoms with Crippen molar-refractivity contribution >= 4 is 23.4 Å². The lowest BCUT2D eigenvalue weighted by atomic mass is 9.97. The number of rotatable bonds is 3. The van der Waals surface area contributed by atoms with Crippen molar-refractivity contribution in [3.63, 3.8) is 0 Å². The third-order valence-corrected chi connectivity index (χ3v) is 5.29. The van der Waals surface area contributed by atoms with E-state index in [1.807, 2.05) is 12.1 Å². The van der Waals surface area contributed by atoms with E-state index in [4.69, 9.17) is 17.4 Å². The second-order valence-electron chi connectivity index (χ2n) is 5.19. The summed E-state index contributed by atoms with van der Waals surface area (Å²) in [7, 11) is 0. The summed E-state index contributed by atoms with van der Waals surface area (Å²) in [6.45, 7) is 0. The summed E-state index contributed by atoms with van der Waals surface area (Å²) in [5, 5.41) is 19.8. The average Bonchev–Trinajstić information content (AvgIpc) is 2.84. The predicted molar refractivity (Wildman–Crippen MR) is 84.7 cm³/mol. The summed E-state index contributed by atoms with van der Waals surface area (Å²) in [6.07, 6.45) is 3.76. The molecule has 7 heteroatoms. The van der Waals surface area contributed by atoms with Gasteiger partial charge in [0.05, 0.1) is 6.10 Å². The van der Waals surface area contributed by atoms with E-state index in [1.165, 1.54) is 16.4 Å². The molecule has 0 radical (unpaired) electrons. The highest BCUT2D eigenvalue weighted by molar-refractivity contribution is 7.99. The van der Waals surface area contributed by atoms with Crippen LogP contribution in [0.4, 0.5) is 0 Å². The molecular weight excluding hydrogens is 308 g/mol. The highest BCUT2D eigenvalue weighted by atomic mass is 35.5. The molecular formula is C14H17ClN4OS. The van der Waals surface area contributed by atoms with Gasteiger partial charge in [0.2, 0.25) is 5.16 Å². The smallest absolute Gasteiger partial charge is 0.210 e. The van der Waals surface area contributed by atoms with E-state index in [-0.39, 0.29) is 11.4 Å². The zero-order valence-corrected chi connectivity index (χ0v) is 13.0. The Morgan fingerprint density at radius 3 is 2.62 bits per heavy atom. The largest absolute Gasteiger partial charge is 0.392 e. The van der Waals surface area contributed by atoms with Crippen molar-refractivity contribution < 1.29 is 5.11 Å². The van der Waals surface area contributed by atoms with Crippen LogP contribution < -0.4 is 5.84 Å². The molecule has 2 unspecified atom stereocenters. The molecule has 2 atom stereocenters. The Labute approximate surface area is 132 Å². The van der Waals surface area contributed by atoms with Gasteiger partial charge in [0.1, 0.15) is 0 Å². The van der Waals surface area contributed by atoms with Gasteiger partial charge >= 0.3 is 0 Å². The van der Waals surface area contributed by atoms with E-state index in [1.54, 1.807) is 12.1 Å².